The van der Waals surface area contributed by atoms with Crippen molar-refractivity contribution in [2.24, 2.45) is 0 Å². The Labute approximate surface area is 198 Å². The fourth-order valence-corrected chi connectivity index (χ4v) is 3.51. The second kappa shape index (κ2) is 12.6. The van der Waals surface area contributed by atoms with Gasteiger partial charge in [-0.1, -0.05) is 35.9 Å². The first-order valence-corrected chi connectivity index (χ1v) is 10.6. The number of fused-ring (bicyclic) bond motifs is 1. The van der Waals surface area contributed by atoms with Crippen LogP contribution in [-0.4, -0.2) is 54.9 Å². The first kappa shape index (κ1) is 25.8. The highest BCUT2D eigenvalue weighted by atomic mass is 35.5. The number of unbranched alkanes of at least 4 members (excludes halogenated alkanes) is 1. The van der Waals surface area contributed by atoms with Crippen molar-refractivity contribution in [2.75, 3.05) is 39.2 Å². The van der Waals surface area contributed by atoms with Crippen LogP contribution in [0.4, 0.5) is 5.69 Å². The van der Waals surface area contributed by atoms with Gasteiger partial charge in [0.1, 0.15) is 0 Å². The van der Waals surface area contributed by atoms with Crippen LogP contribution in [0, 0.1) is 0 Å². The third-order valence-electron chi connectivity index (χ3n) is 5.08. The summed E-state index contributed by atoms with van der Waals surface area (Å²) >= 11 is 6.31. The molecule has 0 saturated heterocycles. The average molecular weight is 479 g/mol. The highest BCUT2D eigenvalue weighted by molar-refractivity contribution is 6.33. The molecule has 0 radical (unpaired) electrons. The molecule has 3 rings (SSSR count). The standard InChI is InChI=1S/C23H27ClN4O3.ClH/c1-28(13-14-31-2)12-6-5-9-21(29)25-20-15-16(10-11-19(20)24)22-17-7-3-4-8-18(17)23(30)27-26-22;/h3-4,7-8,10-11,15H,5-6,9,12-14H2,1-2H3,(H,25,29)(H,27,30);1H. The van der Waals surface area contributed by atoms with Crippen LogP contribution in [0.2, 0.25) is 5.02 Å². The van der Waals surface area contributed by atoms with Crippen molar-refractivity contribution in [1.29, 1.82) is 0 Å². The summed E-state index contributed by atoms with van der Waals surface area (Å²) in [6, 6.07) is 12.6. The number of ether oxygens (including phenoxy) is 1. The summed E-state index contributed by atoms with van der Waals surface area (Å²) in [5.41, 5.74) is 1.67. The van der Waals surface area contributed by atoms with E-state index in [0.717, 1.165) is 36.9 Å². The van der Waals surface area contributed by atoms with E-state index in [9.17, 15) is 9.59 Å². The lowest BCUT2D eigenvalue weighted by molar-refractivity contribution is -0.116. The van der Waals surface area contributed by atoms with E-state index in [4.69, 9.17) is 16.3 Å². The van der Waals surface area contributed by atoms with E-state index in [1.807, 2.05) is 31.3 Å². The Balaban J connectivity index is 0.00000363. The number of nitrogens with one attached hydrogen (secondary N) is 2. The molecule has 0 fully saturated rings. The minimum absolute atomic E-state index is 0. The van der Waals surface area contributed by atoms with Crippen LogP contribution in [0.3, 0.4) is 0 Å². The molecule has 2 N–H and O–H groups in total. The van der Waals surface area contributed by atoms with E-state index in [1.165, 1.54) is 0 Å². The molecular formula is C23H28Cl2N4O3. The average Bonchev–Trinajstić information content (AvgIpc) is 2.77. The van der Waals surface area contributed by atoms with Gasteiger partial charge in [-0.05, 0) is 44.6 Å². The van der Waals surface area contributed by atoms with Gasteiger partial charge in [0.2, 0.25) is 5.91 Å². The number of likely N-dealkylation sites (N-methyl/N-ethyl adjacent to an activating group) is 1. The van der Waals surface area contributed by atoms with E-state index < -0.39 is 0 Å². The zero-order valence-electron chi connectivity index (χ0n) is 18.2. The zero-order chi connectivity index (χ0) is 22.2. The SMILES string of the molecule is COCCN(C)CCCCC(=O)Nc1cc(-c2n[nH]c(=O)c3ccccc23)ccc1Cl.Cl. The summed E-state index contributed by atoms with van der Waals surface area (Å²) in [5.74, 6) is -0.0853. The maximum absolute atomic E-state index is 12.4. The Bertz CT molecular complexity index is 1100. The van der Waals surface area contributed by atoms with Crippen molar-refractivity contribution in [2.45, 2.75) is 19.3 Å². The first-order chi connectivity index (χ1) is 15.0. The second-order valence-corrected chi connectivity index (χ2v) is 7.85. The lowest BCUT2D eigenvalue weighted by Gasteiger charge is -2.15. The van der Waals surface area contributed by atoms with Gasteiger partial charge in [0.15, 0.2) is 0 Å². The van der Waals surface area contributed by atoms with Crippen molar-refractivity contribution in [3.63, 3.8) is 0 Å². The molecule has 0 spiro atoms. The molecule has 0 atom stereocenters. The molecule has 3 aromatic rings. The van der Waals surface area contributed by atoms with Crippen molar-refractivity contribution >= 4 is 46.4 Å². The van der Waals surface area contributed by atoms with Gasteiger partial charge in [0.25, 0.3) is 5.56 Å². The van der Waals surface area contributed by atoms with E-state index in [0.29, 0.717) is 34.8 Å². The first-order valence-electron chi connectivity index (χ1n) is 10.2. The molecule has 0 aliphatic carbocycles. The number of methoxy groups -OCH3 is 1. The van der Waals surface area contributed by atoms with Crippen molar-refractivity contribution < 1.29 is 9.53 Å². The number of aromatic amines is 1. The molecule has 1 aromatic heterocycles. The molecule has 0 aliphatic heterocycles. The largest absolute Gasteiger partial charge is 0.383 e. The van der Waals surface area contributed by atoms with Crippen LogP contribution >= 0.6 is 24.0 Å². The summed E-state index contributed by atoms with van der Waals surface area (Å²) in [7, 11) is 3.73. The number of benzene rings is 2. The highest BCUT2D eigenvalue weighted by Gasteiger charge is 2.12. The second-order valence-electron chi connectivity index (χ2n) is 7.44. The van der Waals surface area contributed by atoms with Gasteiger partial charge in [0, 0.05) is 31.0 Å². The normalized spacial score (nSPS) is 10.9. The number of amides is 1. The molecule has 0 unspecified atom stereocenters. The predicted molar refractivity (Wildman–Crippen MR) is 132 cm³/mol. The van der Waals surface area contributed by atoms with Gasteiger partial charge in [-0.15, -0.1) is 12.4 Å². The molecule has 7 nitrogen and oxygen atoms in total. The predicted octanol–water partition coefficient (Wildman–Crippen LogP) is 4.35. The Kier molecular flexibility index (Phi) is 10.1. The van der Waals surface area contributed by atoms with Gasteiger partial charge >= 0.3 is 0 Å². The van der Waals surface area contributed by atoms with Crippen molar-refractivity contribution in [3.05, 3.63) is 57.8 Å². The number of carbonyl (C=O) groups excluding carboxylic acids is 1. The fourth-order valence-electron chi connectivity index (χ4n) is 3.34. The van der Waals surface area contributed by atoms with Crippen LogP contribution in [0.5, 0.6) is 0 Å². The number of rotatable bonds is 10. The van der Waals surface area contributed by atoms with Crippen LogP contribution < -0.4 is 10.9 Å². The minimum atomic E-state index is -0.241. The van der Waals surface area contributed by atoms with Crippen LogP contribution in [0.1, 0.15) is 19.3 Å². The van der Waals surface area contributed by atoms with Gasteiger partial charge in [-0.25, -0.2) is 5.10 Å². The molecule has 1 amide bonds. The molecule has 172 valence electrons. The lowest BCUT2D eigenvalue weighted by Crippen LogP contribution is -2.24. The third kappa shape index (κ3) is 6.77. The summed E-state index contributed by atoms with van der Waals surface area (Å²) in [6.45, 7) is 2.49. The van der Waals surface area contributed by atoms with Gasteiger partial charge in [0.05, 0.1) is 28.4 Å². The smallest absolute Gasteiger partial charge is 0.272 e. The molecule has 9 heteroatoms. The molecule has 32 heavy (non-hydrogen) atoms. The maximum atomic E-state index is 12.4. The molecular weight excluding hydrogens is 451 g/mol. The number of halogens is 2. The Morgan fingerprint density at radius 1 is 1.16 bits per heavy atom. The quantitative estimate of drug-likeness (QED) is 0.422. The lowest BCUT2D eigenvalue weighted by atomic mass is 10.0. The molecule has 2 aromatic carbocycles. The summed E-state index contributed by atoms with van der Waals surface area (Å²) < 4.78 is 5.07. The highest BCUT2D eigenvalue weighted by Crippen LogP contribution is 2.30. The number of aromatic nitrogens is 2. The fraction of sp³-hybridized carbons (Fsp3) is 0.348. The van der Waals surface area contributed by atoms with Gasteiger partial charge in [-0.3, -0.25) is 9.59 Å². The van der Waals surface area contributed by atoms with E-state index >= 15 is 0 Å². The summed E-state index contributed by atoms with van der Waals surface area (Å²) in [4.78, 5) is 26.6. The molecule has 1 heterocycles. The van der Waals surface area contributed by atoms with E-state index in [1.54, 1.807) is 25.3 Å². The topological polar surface area (TPSA) is 87.3 Å². The minimum Gasteiger partial charge on any atom is -0.383 e. The van der Waals surface area contributed by atoms with Crippen LogP contribution in [0.15, 0.2) is 47.3 Å². The third-order valence-corrected chi connectivity index (χ3v) is 5.41. The number of hydrogen-bond donors (Lipinski definition) is 2. The van der Waals surface area contributed by atoms with Crippen LogP contribution in [-0.2, 0) is 9.53 Å². The van der Waals surface area contributed by atoms with E-state index in [2.05, 4.69) is 20.4 Å². The van der Waals surface area contributed by atoms with Gasteiger partial charge < -0.3 is 15.0 Å². The maximum Gasteiger partial charge on any atom is 0.272 e. The molecule has 0 aliphatic rings. The monoisotopic (exact) mass is 478 g/mol. The number of nitrogens with zero attached hydrogens (tertiary/aromatic N) is 2. The van der Waals surface area contributed by atoms with Gasteiger partial charge in [-0.2, -0.15) is 5.10 Å². The molecule has 0 bridgehead atoms. The number of carbonyl (C=O) groups is 1. The Morgan fingerprint density at radius 2 is 1.91 bits per heavy atom. The summed E-state index contributed by atoms with van der Waals surface area (Å²) in [6.07, 6.45) is 2.12. The summed E-state index contributed by atoms with van der Waals surface area (Å²) in [5, 5.41) is 11.4. The number of hydrogen-bond acceptors (Lipinski definition) is 5. The Morgan fingerprint density at radius 3 is 2.66 bits per heavy atom. The van der Waals surface area contributed by atoms with E-state index in [-0.39, 0.29) is 23.9 Å². The molecule has 0 saturated carbocycles. The van der Waals surface area contributed by atoms with Crippen molar-refractivity contribution in [1.82, 2.24) is 15.1 Å². The Hall–Kier alpha value is -2.45. The number of anilines is 1. The van der Waals surface area contributed by atoms with Crippen molar-refractivity contribution in [3.8, 4) is 11.3 Å². The zero-order valence-corrected chi connectivity index (χ0v) is 19.8. The van der Waals surface area contributed by atoms with Crippen LogP contribution in [0.25, 0.3) is 22.0 Å². The number of H-pyrrole nitrogens is 1.